The Morgan fingerprint density at radius 3 is 2.58 bits per heavy atom. The third-order valence-electron chi connectivity index (χ3n) is 6.95. The highest BCUT2D eigenvalue weighted by atomic mass is 16.3. The lowest BCUT2D eigenvalue weighted by Gasteiger charge is -2.34. The molecule has 0 atom stereocenters. The molecule has 6 rings (SSSR count). The molecular formula is C26H27N5O2. The SMILES string of the molecule is O=C1Nc2cc(-c3ccc(N4CCNCC4)cc3)nc(N3CCc4c(CO)cccc4C3)c21. The molecule has 1 fully saturated rings. The Hall–Kier alpha value is -3.42. The summed E-state index contributed by atoms with van der Waals surface area (Å²) in [6, 6.07) is 16.6. The molecule has 7 nitrogen and oxygen atoms in total. The van der Waals surface area contributed by atoms with Crippen LogP contribution in [0.1, 0.15) is 27.0 Å². The fraction of sp³-hybridized carbons (Fsp3) is 0.308. The maximum absolute atomic E-state index is 12.4. The first-order valence-electron chi connectivity index (χ1n) is 11.6. The first-order valence-corrected chi connectivity index (χ1v) is 11.6. The number of nitrogens with zero attached hydrogens (tertiary/aromatic N) is 3. The van der Waals surface area contributed by atoms with Crippen LogP contribution in [-0.4, -0.2) is 48.7 Å². The smallest absolute Gasteiger partial charge is 0.261 e. The summed E-state index contributed by atoms with van der Waals surface area (Å²) in [5, 5.41) is 16.0. The topological polar surface area (TPSA) is 80.7 Å². The maximum atomic E-state index is 12.4. The van der Waals surface area contributed by atoms with Crippen LogP contribution < -0.4 is 20.4 Å². The van der Waals surface area contributed by atoms with Crippen LogP contribution in [0, 0.1) is 0 Å². The van der Waals surface area contributed by atoms with Crippen molar-refractivity contribution >= 4 is 23.1 Å². The first-order chi connectivity index (χ1) is 16.2. The van der Waals surface area contributed by atoms with Crippen molar-refractivity contribution in [3.8, 4) is 11.3 Å². The number of amides is 1. The van der Waals surface area contributed by atoms with Crippen molar-refractivity contribution in [3.63, 3.8) is 0 Å². The Bertz CT molecular complexity index is 1220. The third-order valence-corrected chi connectivity index (χ3v) is 6.95. The van der Waals surface area contributed by atoms with Gasteiger partial charge in [0.25, 0.3) is 5.91 Å². The molecule has 1 saturated heterocycles. The molecular weight excluding hydrogens is 414 g/mol. The Balaban J connectivity index is 1.32. The van der Waals surface area contributed by atoms with E-state index in [1.165, 1.54) is 16.8 Å². The fourth-order valence-electron chi connectivity index (χ4n) is 5.14. The Kier molecular flexibility index (Phi) is 5.00. The van der Waals surface area contributed by atoms with Gasteiger partial charge in [0.15, 0.2) is 0 Å². The number of nitrogens with one attached hydrogen (secondary N) is 2. The molecule has 7 heteroatoms. The van der Waals surface area contributed by atoms with E-state index in [1.807, 2.05) is 18.2 Å². The molecule has 4 heterocycles. The summed E-state index contributed by atoms with van der Waals surface area (Å²) in [4.78, 5) is 21.9. The zero-order valence-corrected chi connectivity index (χ0v) is 18.5. The van der Waals surface area contributed by atoms with E-state index in [4.69, 9.17) is 4.98 Å². The lowest BCUT2D eigenvalue weighted by molar-refractivity contribution is 0.101. The van der Waals surface area contributed by atoms with Crippen LogP contribution in [0.25, 0.3) is 11.3 Å². The summed E-state index contributed by atoms with van der Waals surface area (Å²) in [7, 11) is 0. The van der Waals surface area contributed by atoms with Gasteiger partial charge in [-0.25, -0.2) is 4.98 Å². The number of hydrogen-bond acceptors (Lipinski definition) is 6. The molecule has 0 saturated carbocycles. The van der Waals surface area contributed by atoms with E-state index in [9.17, 15) is 9.90 Å². The van der Waals surface area contributed by atoms with Crippen LogP contribution >= 0.6 is 0 Å². The molecule has 0 bridgehead atoms. The Morgan fingerprint density at radius 1 is 1.00 bits per heavy atom. The summed E-state index contributed by atoms with van der Waals surface area (Å²) in [5.41, 5.74) is 8.06. The van der Waals surface area contributed by atoms with Gasteiger partial charge in [-0.2, -0.15) is 0 Å². The van der Waals surface area contributed by atoms with Crippen molar-refractivity contribution in [1.82, 2.24) is 10.3 Å². The van der Waals surface area contributed by atoms with Crippen LogP contribution in [0.3, 0.4) is 0 Å². The van der Waals surface area contributed by atoms with E-state index in [-0.39, 0.29) is 12.5 Å². The fourth-order valence-corrected chi connectivity index (χ4v) is 5.14. The molecule has 3 aliphatic heterocycles. The molecule has 33 heavy (non-hydrogen) atoms. The number of carbonyl (C=O) groups excluding carboxylic acids is 1. The second-order valence-corrected chi connectivity index (χ2v) is 8.88. The second kappa shape index (κ2) is 8.17. The van der Waals surface area contributed by atoms with Crippen molar-refractivity contribution in [3.05, 3.63) is 70.8 Å². The molecule has 3 N–H and O–H groups in total. The standard InChI is InChI=1S/C26H27N5O2/c32-16-19-3-1-2-18-15-31(11-8-21(18)19)25-24-23(29-26(24)33)14-22(28-25)17-4-6-20(7-5-17)30-12-9-27-10-13-30/h1-7,14,27,32H,8-13,15-16H2,(H,29,33). The van der Waals surface area contributed by atoms with Gasteiger partial charge < -0.3 is 25.5 Å². The van der Waals surface area contributed by atoms with Gasteiger partial charge in [0.1, 0.15) is 11.4 Å². The number of aliphatic hydroxyl groups is 1. The molecule has 0 aliphatic carbocycles. The average Bonchev–Trinajstić information content (AvgIpc) is 2.87. The minimum Gasteiger partial charge on any atom is -0.392 e. The normalized spacial score (nSPS) is 17.2. The minimum atomic E-state index is -0.0667. The van der Waals surface area contributed by atoms with Gasteiger partial charge in [-0.1, -0.05) is 30.3 Å². The van der Waals surface area contributed by atoms with Gasteiger partial charge in [-0.15, -0.1) is 0 Å². The van der Waals surface area contributed by atoms with Crippen molar-refractivity contribution < 1.29 is 9.90 Å². The summed E-state index contributed by atoms with van der Waals surface area (Å²) in [6.45, 7) is 5.55. The number of hydrogen-bond donors (Lipinski definition) is 3. The third kappa shape index (κ3) is 3.53. The van der Waals surface area contributed by atoms with E-state index in [0.717, 1.165) is 67.5 Å². The first kappa shape index (κ1) is 20.2. The number of piperazine rings is 1. The molecule has 1 amide bonds. The van der Waals surface area contributed by atoms with E-state index in [1.54, 1.807) is 0 Å². The van der Waals surface area contributed by atoms with Crippen molar-refractivity contribution in [2.45, 2.75) is 19.6 Å². The number of aromatic nitrogens is 1. The van der Waals surface area contributed by atoms with Gasteiger partial charge in [0.05, 0.1) is 18.0 Å². The summed E-state index contributed by atoms with van der Waals surface area (Å²) in [6.07, 6.45) is 0.827. The average molecular weight is 442 g/mol. The molecule has 3 aromatic rings. The molecule has 3 aliphatic rings. The number of fused-ring (bicyclic) bond motifs is 2. The summed E-state index contributed by atoms with van der Waals surface area (Å²) in [5.74, 6) is 0.681. The van der Waals surface area contributed by atoms with E-state index < -0.39 is 0 Å². The van der Waals surface area contributed by atoms with Gasteiger partial charge in [0.2, 0.25) is 0 Å². The van der Waals surface area contributed by atoms with Gasteiger partial charge in [0, 0.05) is 50.5 Å². The zero-order valence-electron chi connectivity index (χ0n) is 18.5. The highest BCUT2D eigenvalue weighted by molar-refractivity contribution is 6.21. The number of aliphatic hydroxyl groups excluding tert-OH is 1. The van der Waals surface area contributed by atoms with Crippen molar-refractivity contribution in [1.29, 1.82) is 0 Å². The number of anilines is 3. The second-order valence-electron chi connectivity index (χ2n) is 8.88. The van der Waals surface area contributed by atoms with Crippen LogP contribution in [0.4, 0.5) is 17.2 Å². The summed E-state index contributed by atoms with van der Waals surface area (Å²) < 4.78 is 0. The largest absolute Gasteiger partial charge is 0.392 e. The predicted molar refractivity (Wildman–Crippen MR) is 130 cm³/mol. The molecule has 0 unspecified atom stereocenters. The zero-order chi connectivity index (χ0) is 22.4. The van der Waals surface area contributed by atoms with Crippen LogP contribution in [-0.2, 0) is 19.6 Å². The number of benzene rings is 2. The lowest BCUT2D eigenvalue weighted by Crippen LogP contribution is -2.43. The maximum Gasteiger partial charge on any atom is 0.261 e. The van der Waals surface area contributed by atoms with E-state index >= 15 is 0 Å². The van der Waals surface area contributed by atoms with E-state index in [2.05, 4.69) is 50.8 Å². The molecule has 1 aromatic heterocycles. The highest BCUT2D eigenvalue weighted by Crippen LogP contribution is 2.39. The number of carbonyl (C=O) groups is 1. The molecule has 2 aromatic carbocycles. The van der Waals surface area contributed by atoms with Crippen molar-refractivity contribution in [2.75, 3.05) is 47.8 Å². The predicted octanol–water partition coefficient (Wildman–Crippen LogP) is 2.78. The van der Waals surface area contributed by atoms with Crippen molar-refractivity contribution in [2.24, 2.45) is 0 Å². The van der Waals surface area contributed by atoms with Gasteiger partial charge >= 0.3 is 0 Å². The van der Waals surface area contributed by atoms with Gasteiger partial charge in [-0.3, -0.25) is 4.79 Å². The van der Waals surface area contributed by atoms with Crippen LogP contribution in [0.2, 0.25) is 0 Å². The summed E-state index contributed by atoms with van der Waals surface area (Å²) >= 11 is 0. The number of rotatable bonds is 4. The Labute approximate surface area is 193 Å². The molecule has 0 radical (unpaired) electrons. The molecule has 0 spiro atoms. The molecule has 168 valence electrons. The van der Waals surface area contributed by atoms with Crippen LogP contribution in [0.5, 0.6) is 0 Å². The minimum absolute atomic E-state index is 0.0542. The quantitative estimate of drug-likeness (QED) is 0.578. The monoisotopic (exact) mass is 441 g/mol. The van der Waals surface area contributed by atoms with Gasteiger partial charge in [-0.05, 0) is 41.3 Å². The Morgan fingerprint density at radius 2 is 1.82 bits per heavy atom. The highest BCUT2D eigenvalue weighted by Gasteiger charge is 2.32. The van der Waals surface area contributed by atoms with E-state index in [0.29, 0.717) is 12.1 Å². The lowest BCUT2D eigenvalue weighted by atomic mass is 9.94. The van der Waals surface area contributed by atoms with Crippen LogP contribution in [0.15, 0.2) is 48.5 Å². The number of pyridine rings is 1.